The molecule has 2 aromatic rings. The summed E-state index contributed by atoms with van der Waals surface area (Å²) < 4.78 is 26.4. The van der Waals surface area contributed by atoms with Crippen molar-refractivity contribution in [3.63, 3.8) is 0 Å². The van der Waals surface area contributed by atoms with Crippen LogP contribution in [0.25, 0.3) is 0 Å². The second-order valence-corrected chi connectivity index (χ2v) is 8.32. The van der Waals surface area contributed by atoms with E-state index in [1.54, 1.807) is 24.3 Å². The molecule has 0 aliphatic heterocycles. The molecule has 0 aromatic heterocycles. The van der Waals surface area contributed by atoms with E-state index in [1.165, 1.54) is 0 Å². The molecule has 0 amide bonds. The lowest BCUT2D eigenvalue weighted by molar-refractivity contribution is 0.584. The molecule has 0 unspecified atom stereocenters. The minimum absolute atomic E-state index is 0.194. The van der Waals surface area contributed by atoms with Gasteiger partial charge in [-0.15, -0.1) is 0 Å². The molecule has 1 N–H and O–H groups in total. The zero-order chi connectivity index (χ0) is 17.0. The SMILES string of the molecule is CC/C(=N/NS(=O)(=O)c1ccc(C)cc1)c1ccc(Br)c(Br)c1. The van der Waals surface area contributed by atoms with Crippen molar-refractivity contribution in [1.82, 2.24) is 4.83 Å². The zero-order valence-corrected chi connectivity index (χ0v) is 16.7. The number of aryl methyl sites for hydroxylation is 1. The van der Waals surface area contributed by atoms with Crippen molar-refractivity contribution in [1.29, 1.82) is 0 Å². The molecule has 4 nitrogen and oxygen atoms in total. The molecular formula is C16H16Br2N2O2S. The molecule has 23 heavy (non-hydrogen) atoms. The summed E-state index contributed by atoms with van der Waals surface area (Å²) in [6.07, 6.45) is 0.602. The van der Waals surface area contributed by atoms with Crippen LogP contribution in [0.3, 0.4) is 0 Å². The highest BCUT2D eigenvalue weighted by Crippen LogP contribution is 2.24. The highest BCUT2D eigenvalue weighted by molar-refractivity contribution is 9.13. The van der Waals surface area contributed by atoms with Crippen molar-refractivity contribution in [2.45, 2.75) is 25.2 Å². The van der Waals surface area contributed by atoms with Gasteiger partial charge in [-0.25, -0.2) is 0 Å². The standard InChI is InChI=1S/C16H16Br2N2O2S/c1-3-16(12-6-9-14(17)15(18)10-12)19-20-23(21,22)13-7-4-11(2)5-8-13/h4-10,20H,3H2,1-2H3/b19-16-. The Morgan fingerprint density at radius 1 is 1.09 bits per heavy atom. The number of hydrogen-bond acceptors (Lipinski definition) is 3. The van der Waals surface area contributed by atoms with Crippen LogP contribution in [-0.4, -0.2) is 14.1 Å². The Morgan fingerprint density at radius 2 is 1.74 bits per heavy atom. The quantitative estimate of drug-likeness (QED) is 0.524. The number of halogens is 2. The van der Waals surface area contributed by atoms with Gasteiger partial charge in [0.05, 0.1) is 10.6 Å². The number of hydrazone groups is 1. The fourth-order valence-corrected chi connectivity index (χ4v) is 3.36. The number of nitrogens with one attached hydrogen (secondary N) is 1. The highest BCUT2D eigenvalue weighted by Gasteiger charge is 2.13. The lowest BCUT2D eigenvalue weighted by Gasteiger charge is -2.08. The topological polar surface area (TPSA) is 58.5 Å². The molecule has 0 aliphatic rings. The van der Waals surface area contributed by atoms with Crippen molar-refractivity contribution in [2.75, 3.05) is 0 Å². The molecule has 0 spiro atoms. The van der Waals surface area contributed by atoms with Crippen LogP contribution < -0.4 is 4.83 Å². The molecule has 0 aliphatic carbocycles. The molecule has 0 radical (unpaired) electrons. The third kappa shape index (κ3) is 4.65. The predicted molar refractivity (Wildman–Crippen MR) is 100 cm³/mol. The number of hydrogen-bond donors (Lipinski definition) is 1. The maximum atomic E-state index is 12.3. The Kier molecular flexibility index (Phi) is 6.00. The third-order valence-corrected chi connectivity index (χ3v) is 6.32. The van der Waals surface area contributed by atoms with Crippen LogP contribution >= 0.6 is 31.9 Å². The van der Waals surface area contributed by atoms with Gasteiger partial charge < -0.3 is 0 Å². The van der Waals surface area contributed by atoms with Crippen molar-refractivity contribution < 1.29 is 8.42 Å². The maximum absolute atomic E-state index is 12.3. The van der Waals surface area contributed by atoms with E-state index in [4.69, 9.17) is 0 Å². The van der Waals surface area contributed by atoms with Gasteiger partial charge in [0.25, 0.3) is 10.0 Å². The fourth-order valence-electron chi connectivity index (χ4n) is 1.91. The first kappa shape index (κ1) is 18.2. The summed E-state index contributed by atoms with van der Waals surface area (Å²) >= 11 is 6.85. The summed E-state index contributed by atoms with van der Waals surface area (Å²) in [4.78, 5) is 2.51. The van der Waals surface area contributed by atoms with Crippen LogP contribution in [0.1, 0.15) is 24.5 Å². The Hall–Kier alpha value is -1.18. The van der Waals surface area contributed by atoms with E-state index in [0.717, 1.165) is 20.1 Å². The number of sulfonamides is 1. The second-order valence-electron chi connectivity index (χ2n) is 4.95. The molecule has 0 atom stereocenters. The van der Waals surface area contributed by atoms with E-state index in [-0.39, 0.29) is 4.90 Å². The van der Waals surface area contributed by atoms with Crippen molar-refractivity contribution in [2.24, 2.45) is 5.10 Å². The van der Waals surface area contributed by atoms with Crippen LogP contribution in [-0.2, 0) is 10.0 Å². The monoisotopic (exact) mass is 458 g/mol. The average molecular weight is 460 g/mol. The number of benzene rings is 2. The first-order chi connectivity index (χ1) is 10.8. The van der Waals surface area contributed by atoms with Gasteiger partial charge in [-0.1, -0.05) is 30.7 Å². The van der Waals surface area contributed by atoms with Gasteiger partial charge >= 0.3 is 0 Å². The van der Waals surface area contributed by atoms with Crippen LogP contribution in [0.15, 0.2) is 61.4 Å². The van der Waals surface area contributed by atoms with E-state index in [9.17, 15) is 8.42 Å². The predicted octanol–water partition coefficient (Wildman–Crippen LogP) is 4.61. The van der Waals surface area contributed by atoms with Gasteiger partial charge in [0.15, 0.2) is 0 Å². The normalized spacial score (nSPS) is 12.3. The van der Waals surface area contributed by atoms with Crippen LogP contribution in [0.2, 0.25) is 0 Å². The van der Waals surface area contributed by atoms with Crippen molar-refractivity contribution in [3.05, 3.63) is 62.5 Å². The zero-order valence-electron chi connectivity index (χ0n) is 12.7. The summed E-state index contributed by atoms with van der Waals surface area (Å²) in [6, 6.07) is 12.3. The maximum Gasteiger partial charge on any atom is 0.276 e. The van der Waals surface area contributed by atoms with E-state index < -0.39 is 10.0 Å². The third-order valence-electron chi connectivity index (χ3n) is 3.22. The van der Waals surface area contributed by atoms with Gasteiger partial charge in [0.1, 0.15) is 0 Å². The lowest BCUT2D eigenvalue weighted by atomic mass is 10.1. The first-order valence-corrected chi connectivity index (χ1v) is 10.0. The van der Waals surface area contributed by atoms with Gasteiger partial charge in [-0.2, -0.15) is 18.4 Å². The van der Waals surface area contributed by atoms with E-state index in [2.05, 4.69) is 41.8 Å². The Balaban J connectivity index is 2.28. The first-order valence-electron chi connectivity index (χ1n) is 6.94. The van der Waals surface area contributed by atoms with Gasteiger partial charge in [0, 0.05) is 8.95 Å². The Morgan fingerprint density at radius 3 is 2.30 bits per heavy atom. The second kappa shape index (κ2) is 7.59. The number of nitrogens with zero attached hydrogens (tertiary/aromatic N) is 1. The van der Waals surface area contributed by atoms with E-state index in [0.29, 0.717) is 12.1 Å². The molecule has 0 saturated carbocycles. The fraction of sp³-hybridized carbons (Fsp3) is 0.188. The molecule has 0 saturated heterocycles. The lowest BCUT2D eigenvalue weighted by Crippen LogP contribution is -2.20. The molecule has 2 rings (SSSR count). The minimum Gasteiger partial charge on any atom is -0.200 e. The summed E-state index contributed by atoms with van der Waals surface area (Å²) in [5.74, 6) is 0. The summed E-state index contributed by atoms with van der Waals surface area (Å²) in [6.45, 7) is 3.83. The summed E-state index contributed by atoms with van der Waals surface area (Å²) in [5, 5.41) is 4.10. The summed E-state index contributed by atoms with van der Waals surface area (Å²) in [7, 11) is -3.67. The Labute approximate surface area is 153 Å². The minimum atomic E-state index is -3.67. The van der Waals surface area contributed by atoms with Crippen LogP contribution in [0, 0.1) is 6.92 Å². The van der Waals surface area contributed by atoms with Gasteiger partial charge in [0.2, 0.25) is 0 Å². The van der Waals surface area contributed by atoms with Gasteiger partial charge in [-0.3, -0.25) is 0 Å². The molecule has 2 aromatic carbocycles. The Bertz CT molecular complexity index is 832. The molecule has 0 fully saturated rings. The van der Waals surface area contributed by atoms with Crippen LogP contribution in [0.5, 0.6) is 0 Å². The van der Waals surface area contributed by atoms with Crippen molar-refractivity contribution in [3.8, 4) is 0 Å². The van der Waals surface area contributed by atoms with Crippen molar-refractivity contribution >= 4 is 47.6 Å². The molecular weight excluding hydrogens is 444 g/mol. The van der Waals surface area contributed by atoms with E-state index in [1.807, 2.05) is 32.0 Å². The van der Waals surface area contributed by atoms with E-state index >= 15 is 0 Å². The molecule has 0 bridgehead atoms. The number of rotatable bonds is 5. The van der Waals surface area contributed by atoms with Crippen LogP contribution in [0.4, 0.5) is 0 Å². The average Bonchev–Trinajstić information content (AvgIpc) is 2.51. The molecule has 0 heterocycles. The largest absolute Gasteiger partial charge is 0.276 e. The smallest absolute Gasteiger partial charge is 0.200 e. The summed E-state index contributed by atoms with van der Waals surface area (Å²) in [5.41, 5.74) is 2.52. The molecule has 7 heteroatoms. The molecule has 122 valence electrons. The highest BCUT2D eigenvalue weighted by atomic mass is 79.9. The van der Waals surface area contributed by atoms with Gasteiger partial charge in [-0.05, 0) is 75.0 Å².